The van der Waals surface area contributed by atoms with Crippen LogP contribution in [0.4, 0.5) is 4.79 Å². The molecule has 0 spiro atoms. The summed E-state index contributed by atoms with van der Waals surface area (Å²) >= 11 is 0. The molecule has 3 aromatic rings. The SMILES string of the molecule is COC(=O)N(C(=O)[C@@H](N)C(c1ccccc1)c1ccccc1)[C@H](CCC[C@@H](CO)N(CCC(C)C)S(=O)(=O)c1ccc(CO)cc1)C(C)(C)C. The minimum Gasteiger partial charge on any atom is -0.452 e. The lowest BCUT2D eigenvalue weighted by Gasteiger charge is -2.40. The van der Waals surface area contributed by atoms with Crippen LogP contribution in [0.25, 0.3) is 0 Å². The Labute approximate surface area is 298 Å². The van der Waals surface area contributed by atoms with E-state index in [1.165, 1.54) is 23.5 Å². The molecular weight excluding hydrogens is 655 g/mol. The highest BCUT2D eigenvalue weighted by atomic mass is 32.2. The van der Waals surface area contributed by atoms with Gasteiger partial charge in [-0.3, -0.25) is 4.79 Å². The molecule has 274 valence electrons. The minimum absolute atomic E-state index is 0.0762. The van der Waals surface area contributed by atoms with Crippen LogP contribution in [0.2, 0.25) is 0 Å². The van der Waals surface area contributed by atoms with E-state index >= 15 is 0 Å². The van der Waals surface area contributed by atoms with Gasteiger partial charge in [0.25, 0.3) is 0 Å². The molecule has 0 fully saturated rings. The van der Waals surface area contributed by atoms with Crippen LogP contribution in [0.15, 0.2) is 89.8 Å². The van der Waals surface area contributed by atoms with Gasteiger partial charge in [0.2, 0.25) is 15.9 Å². The Kier molecular flexibility index (Phi) is 15.2. The minimum atomic E-state index is -4.00. The third-order valence-corrected chi connectivity index (χ3v) is 11.1. The van der Waals surface area contributed by atoms with Gasteiger partial charge in [-0.2, -0.15) is 4.31 Å². The Bertz CT molecular complexity index is 1550. The van der Waals surface area contributed by atoms with Crippen LogP contribution in [-0.2, 0) is 26.2 Å². The Balaban J connectivity index is 1.93. The molecule has 0 aliphatic rings. The monoisotopic (exact) mass is 709 g/mol. The van der Waals surface area contributed by atoms with Gasteiger partial charge in [0.05, 0.1) is 31.3 Å². The number of nitrogens with two attached hydrogens (primary N) is 1. The Morgan fingerprint density at radius 2 is 1.38 bits per heavy atom. The van der Waals surface area contributed by atoms with Crippen LogP contribution in [0.3, 0.4) is 0 Å². The predicted octanol–water partition coefficient (Wildman–Crippen LogP) is 5.92. The second kappa shape index (κ2) is 18.6. The van der Waals surface area contributed by atoms with Crippen LogP contribution in [0.1, 0.15) is 82.9 Å². The van der Waals surface area contributed by atoms with Crippen LogP contribution >= 0.6 is 0 Å². The molecule has 0 heterocycles. The fourth-order valence-corrected chi connectivity index (χ4v) is 7.97. The number of rotatable bonds is 17. The number of hydrogen-bond acceptors (Lipinski definition) is 8. The van der Waals surface area contributed by atoms with Gasteiger partial charge in [0.15, 0.2) is 0 Å². The second-order valence-corrected chi connectivity index (χ2v) is 16.1. The smallest absolute Gasteiger partial charge is 0.416 e. The number of aliphatic hydroxyl groups excluding tert-OH is 2. The summed E-state index contributed by atoms with van der Waals surface area (Å²) in [6, 6.07) is 22.5. The number of benzene rings is 3. The van der Waals surface area contributed by atoms with Gasteiger partial charge in [-0.25, -0.2) is 18.1 Å². The zero-order chi connectivity index (χ0) is 37.1. The second-order valence-electron chi connectivity index (χ2n) is 14.3. The van der Waals surface area contributed by atoms with E-state index in [-0.39, 0.29) is 30.4 Å². The van der Waals surface area contributed by atoms with Crippen LogP contribution in [-0.4, -0.2) is 78.2 Å². The summed E-state index contributed by atoms with van der Waals surface area (Å²) in [6.45, 7) is 9.38. The van der Waals surface area contributed by atoms with E-state index in [1.807, 2.05) is 95.3 Å². The van der Waals surface area contributed by atoms with E-state index in [4.69, 9.17) is 10.5 Å². The van der Waals surface area contributed by atoms with Gasteiger partial charge in [-0.15, -0.1) is 0 Å². The van der Waals surface area contributed by atoms with Gasteiger partial charge >= 0.3 is 6.09 Å². The van der Waals surface area contributed by atoms with E-state index in [0.717, 1.165) is 16.0 Å². The molecule has 0 radical (unpaired) electrons. The topological polar surface area (TPSA) is 150 Å². The lowest BCUT2D eigenvalue weighted by molar-refractivity contribution is -0.135. The lowest BCUT2D eigenvalue weighted by atomic mass is 9.80. The first-order valence-electron chi connectivity index (χ1n) is 17.3. The maximum absolute atomic E-state index is 14.4. The number of imide groups is 1. The first-order valence-corrected chi connectivity index (χ1v) is 18.7. The predicted molar refractivity (Wildman–Crippen MR) is 196 cm³/mol. The molecule has 4 N–H and O–H groups in total. The highest BCUT2D eigenvalue weighted by molar-refractivity contribution is 7.89. The van der Waals surface area contributed by atoms with Crippen molar-refractivity contribution in [1.29, 1.82) is 0 Å². The quantitative estimate of drug-likeness (QED) is 0.157. The van der Waals surface area contributed by atoms with E-state index in [2.05, 4.69) is 0 Å². The van der Waals surface area contributed by atoms with Crippen LogP contribution in [0, 0.1) is 11.3 Å². The van der Waals surface area contributed by atoms with E-state index in [0.29, 0.717) is 24.8 Å². The molecule has 0 unspecified atom stereocenters. The summed E-state index contributed by atoms with van der Waals surface area (Å²) in [5.74, 6) is -0.906. The number of nitrogens with zero attached hydrogens (tertiary/aromatic N) is 2. The van der Waals surface area contributed by atoms with E-state index < -0.39 is 58.1 Å². The molecule has 0 aliphatic heterocycles. The van der Waals surface area contributed by atoms with Gasteiger partial charge in [0.1, 0.15) is 0 Å². The van der Waals surface area contributed by atoms with Gasteiger partial charge in [-0.1, -0.05) is 107 Å². The third-order valence-electron chi connectivity index (χ3n) is 9.15. The highest BCUT2D eigenvalue weighted by Gasteiger charge is 2.42. The average molecular weight is 710 g/mol. The Hall–Kier alpha value is -3.61. The number of methoxy groups -OCH3 is 1. The van der Waals surface area contributed by atoms with Crippen LogP contribution < -0.4 is 5.73 Å². The summed E-state index contributed by atoms with van der Waals surface area (Å²) in [5, 5.41) is 20.0. The van der Waals surface area contributed by atoms with Gasteiger partial charge in [-0.05, 0) is 65.8 Å². The van der Waals surface area contributed by atoms with Crippen molar-refractivity contribution in [3.05, 3.63) is 102 Å². The molecule has 0 bridgehead atoms. The molecule has 3 rings (SSSR count). The number of sulfonamides is 1. The fraction of sp³-hybridized carbons (Fsp3) is 0.487. The molecule has 0 aliphatic carbocycles. The standard InChI is InChI=1S/C39H55N3O7S/c1-28(2)24-25-41(50(47,48)33-22-20-29(26-43)21-23-33)32(27-44)18-13-19-34(39(3,4)5)42(38(46)49-6)37(45)36(40)35(30-14-9-7-10-15-30)31-16-11-8-12-17-31/h7-12,14-17,20-23,28,32,34-36,43-44H,13,18-19,24-27,40H2,1-6H3/t32-,34+,36-/m0/s1. The number of carbonyl (C=O) groups excluding carboxylic acids is 2. The van der Waals surface area contributed by atoms with Crippen molar-refractivity contribution < 1.29 is 33.0 Å². The lowest BCUT2D eigenvalue weighted by Crippen LogP contribution is -2.57. The molecule has 2 amide bonds. The van der Waals surface area contributed by atoms with Gasteiger partial charge < -0.3 is 20.7 Å². The average Bonchev–Trinajstić information content (AvgIpc) is 3.10. The Morgan fingerprint density at radius 3 is 1.82 bits per heavy atom. The van der Waals surface area contributed by atoms with E-state index in [1.54, 1.807) is 12.1 Å². The summed E-state index contributed by atoms with van der Waals surface area (Å²) in [4.78, 5) is 29.1. The maximum atomic E-state index is 14.4. The van der Waals surface area contributed by atoms with E-state index in [9.17, 15) is 28.2 Å². The first kappa shape index (κ1) is 40.8. The molecular formula is C39H55N3O7S. The van der Waals surface area contributed by atoms with Crippen molar-refractivity contribution in [2.45, 2.75) is 95.8 Å². The number of amides is 2. The van der Waals surface area contributed by atoms with Crippen molar-refractivity contribution in [1.82, 2.24) is 9.21 Å². The summed E-state index contributed by atoms with van der Waals surface area (Å²) in [6.07, 6.45) is 0.749. The molecule has 0 aromatic heterocycles. The zero-order valence-corrected chi connectivity index (χ0v) is 31.1. The van der Waals surface area contributed by atoms with Crippen molar-refractivity contribution >= 4 is 22.0 Å². The molecule has 3 aromatic carbocycles. The number of ether oxygens (including phenoxy) is 1. The largest absolute Gasteiger partial charge is 0.452 e. The first-order chi connectivity index (χ1) is 23.7. The molecule has 50 heavy (non-hydrogen) atoms. The normalized spacial score (nSPS) is 14.1. The number of carbonyl (C=O) groups is 2. The molecule has 10 nitrogen and oxygen atoms in total. The summed E-state index contributed by atoms with van der Waals surface area (Å²) in [5.41, 5.74) is 8.44. The number of hydrogen-bond donors (Lipinski definition) is 3. The molecule has 0 saturated heterocycles. The van der Waals surface area contributed by atoms with Crippen molar-refractivity contribution in [2.24, 2.45) is 17.1 Å². The summed E-state index contributed by atoms with van der Waals surface area (Å²) in [7, 11) is -2.77. The molecule has 0 saturated carbocycles. The number of aliphatic hydroxyl groups is 2. The Morgan fingerprint density at radius 1 is 0.840 bits per heavy atom. The maximum Gasteiger partial charge on any atom is 0.416 e. The third kappa shape index (κ3) is 10.5. The van der Waals surface area contributed by atoms with Crippen LogP contribution in [0.5, 0.6) is 0 Å². The highest BCUT2D eigenvalue weighted by Crippen LogP contribution is 2.34. The van der Waals surface area contributed by atoms with Crippen molar-refractivity contribution in [3.8, 4) is 0 Å². The van der Waals surface area contributed by atoms with Gasteiger partial charge in [0, 0.05) is 24.5 Å². The van der Waals surface area contributed by atoms with Crippen molar-refractivity contribution in [3.63, 3.8) is 0 Å². The zero-order valence-electron chi connectivity index (χ0n) is 30.2. The molecule has 11 heteroatoms. The molecule has 3 atom stereocenters. The summed E-state index contributed by atoms with van der Waals surface area (Å²) < 4.78 is 34.4. The fourth-order valence-electron chi connectivity index (χ4n) is 6.31. The van der Waals surface area contributed by atoms with Crippen molar-refractivity contribution in [2.75, 3.05) is 20.3 Å².